The van der Waals surface area contributed by atoms with Gasteiger partial charge in [0.15, 0.2) is 0 Å². The van der Waals surface area contributed by atoms with E-state index in [-0.39, 0.29) is 1.43 Å². The van der Waals surface area contributed by atoms with E-state index in [1.165, 1.54) is 16.7 Å². The van der Waals surface area contributed by atoms with Crippen LogP contribution >= 0.6 is 0 Å². The molecule has 4 nitrogen and oxygen atoms in total. The highest BCUT2D eigenvalue weighted by molar-refractivity contribution is 5.96. The van der Waals surface area contributed by atoms with Gasteiger partial charge in [-0.05, 0) is 65.9 Å². The van der Waals surface area contributed by atoms with Crippen LogP contribution in [0.25, 0.3) is 27.7 Å². The Balaban J connectivity index is 0.00000304. The van der Waals surface area contributed by atoms with E-state index in [1.54, 1.807) is 0 Å². The van der Waals surface area contributed by atoms with Gasteiger partial charge < -0.3 is 9.88 Å². The number of pyridine rings is 1. The second-order valence-electron chi connectivity index (χ2n) is 9.59. The first-order chi connectivity index (χ1) is 17.1. The van der Waals surface area contributed by atoms with Gasteiger partial charge in [-0.15, -0.1) is 0 Å². The predicted octanol–water partition coefficient (Wildman–Crippen LogP) is 6.63. The first-order valence-electron chi connectivity index (χ1n) is 12.5. The summed E-state index contributed by atoms with van der Waals surface area (Å²) >= 11 is 0. The maximum Gasteiger partial charge on any atom is 0.137 e. The molecule has 0 spiro atoms. The van der Waals surface area contributed by atoms with Crippen LogP contribution in [0.3, 0.4) is 0 Å². The van der Waals surface area contributed by atoms with Crippen molar-refractivity contribution in [2.24, 2.45) is 0 Å². The molecule has 0 bridgehead atoms. The summed E-state index contributed by atoms with van der Waals surface area (Å²) in [5.41, 5.74) is 9.04. The molecule has 1 aromatic carbocycles. The lowest BCUT2D eigenvalue weighted by Crippen LogP contribution is -2.43. The number of nitrogens with one attached hydrogen (secondary N) is 1. The molecule has 0 amide bonds. The number of rotatable bonds is 7. The second-order valence-corrected chi connectivity index (χ2v) is 9.59. The molecule has 1 N–H and O–H groups in total. The molecule has 180 valence electrons. The largest absolute Gasteiger partial charge is 0.346 e. The van der Waals surface area contributed by atoms with Crippen LogP contribution in [0, 0.1) is 0 Å². The molecule has 35 heavy (non-hydrogen) atoms. The van der Waals surface area contributed by atoms with Crippen LogP contribution in [0.2, 0.25) is 0 Å². The summed E-state index contributed by atoms with van der Waals surface area (Å²) < 4.78 is 0. The third-order valence-corrected chi connectivity index (χ3v) is 7.08. The van der Waals surface area contributed by atoms with Crippen LogP contribution in [0.5, 0.6) is 0 Å². The highest BCUT2D eigenvalue weighted by atomic mass is 15.2. The average Bonchev–Trinajstić information content (AvgIpc) is 3.32. The van der Waals surface area contributed by atoms with E-state index in [2.05, 4.69) is 89.6 Å². The summed E-state index contributed by atoms with van der Waals surface area (Å²) in [6, 6.07) is 11.1. The van der Waals surface area contributed by atoms with Gasteiger partial charge in [0.2, 0.25) is 0 Å². The molecule has 0 unspecified atom stereocenters. The van der Waals surface area contributed by atoms with Gasteiger partial charge >= 0.3 is 0 Å². The Morgan fingerprint density at radius 1 is 1.17 bits per heavy atom. The lowest BCUT2D eigenvalue weighted by molar-refractivity contribution is 0.148. The van der Waals surface area contributed by atoms with E-state index >= 15 is 0 Å². The van der Waals surface area contributed by atoms with Crippen molar-refractivity contribution in [1.82, 2.24) is 19.8 Å². The standard InChI is InChI=1S/C31H34N4.H2/c1-4-25(17-23(2)26-10-6-5-7-11-26)30-21-33-31-29(30)19-28(20-32-31)27-12-8-9-24(18-27)22-35-15-13-34(3)14-16-35;/h4-6,8-10,12,17-21H,1-2,7,11,13-16,22H2,3H3,(H,32,33);1H/b25-17+;. The molecule has 0 saturated carbocycles. The van der Waals surface area contributed by atoms with E-state index in [4.69, 9.17) is 4.98 Å². The van der Waals surface area contributed by atoms with Crippen LogP contribution in [-0.2, 0) is 6.54 Å². The molecule has 2 aliphatic rings. The van der Waals surface area contributed by atoms with Crippen LogP contribution in [0.15, 0.2) is 97.4 Å². The molecule has 4 heteroatoms. The Morgan fingerprint density at radius 3 is 2.80 bits per heavy atom. The van der Waals surface area contributed by atoms with Crippen molar-refractivity contribution in [3.05, 3.63) is 109 Å². The topological polar surface area (TPSA) is 35.2 Å². The fourth-order valence-electron chi connectivity index (χ4n) is 4.91. The second kappa shape index (κ2) is 10.4. The molecule has 5 rings (SSSR count). The summed E-state index contributed by atoms with van der Waals surface area (Å²) in [6.07, 6.45) is 16.6. The van der Waals surface area contributed by atoms with Crippen molar-refractivity contribution in [2.45, 2.75) is 19.4 Å². The molecule has 1 aliphatic carbocycles. The summed E-state index contributed by atoms with van der Waals surface area (Å²) in [7, 11) is 2.20. The molecule has 3 aromatic rings. The number of piperazine rings is 1. The maximum atomic E-state index is 4.74. The Bertz CT molecular complexity index is 1340. The number of hydrogen-bond donors (Lipinski definition) is 1. The van der Waals surface area contributed by atoms with Gasteiger partial charge in [-0.25, -0.2) is 4.98 Å². The molecule has 1 fully saturated rings. The Kier molecular flexibility index (Phi) is 6.94. The number of nitrogens with zero attached hydrogens (tertiary/aromatic N) is 3. The fourth-order valence-corrected chi connectivity index (χ4v) is 4.91. The van der Waals surface area contributed by atoms with Crippen molar-refractivity contribution in [2.75, 3.05) is 33.2 Å². The number of aromatic nitrogens is 2. The minimum Gasteiger partial charge on any atom is -0.346 e. The molecule has 2 aromatic heterocycles. The lowest BCUT2D eigenvalue weighted by Gasteiger charge is -2.32. The zero-order valence-corrected chi connectivity index (χ0v) is 20.6. The van der Waals surface area contributed by atoms with Gasteiger partial charge in [0.25, 0.3) is 0 Å². The normalized spacial score (nSPS) is 17.5. The zero-order valence-electron chi connectivity index (χ0n) is 20.6. The van der Waals surface area contributed by atoms with Crippen LogP contribution < -0.4 is 0 Å². The van der Waals surface area contributed by atoms with Gasteiger partial charge in [0.05, 0.1) is 0 Å². The van der Waals surface area contributed by atoms with E-state index in [1.807, 2.05) is 18.5 Å². The van der Waals surface area contributed by atoms with Crippen LogP contribution in [-0.4, -0.2) is 53.0 Å². The quantitative estimate of drug-likeness (QED) is 0.399. The molecule has 1 aliphatic heterocycles. The number of hydrogen-bond acceptors (Lipinski definition) is 3. The number of aromatic amines is 1. The number of fused-ring (bicyclic) bond motifs is 1. The van der Waals surface area contributed by atoms with Crippen molar-refractivity contribution >= 4 is 16.6 Å². The van der Waals surface area contributed by atoms with Crippen molar-refractivity contribution in [1.29, 1.82) is 0 Å². The van der Waals surface area contributed by atoms with Crippen molar-refractivity contribution in [3.8, 4) is 11.1 Å². The highest BCUT2D eigenvalue weighted by Gasteiger charge is 2.15. The number of likely N-dealkylation sites (N-methyl/N-ethyl adjacent to an activating group) is 1. The van der Waals surface area contributed by atoms with E-state index in [9.17, 15) is 0 Å². The van der Waals surface area contributed by atoms with E-state index in [0.717, 1.165) is 78.9 Å². The first kappa shape index (κ1) is 23.3. The molecular weight excluding hydrogens is 428 g/mol. The van der Waals surface area contributed by atoms with Crippen molar-refractivity contribution < 1.29 is 1.43 Å². The number of benzene rings is 1. The molecule has 1 saturated heterocycles. The van der Waals surface area contributed by atoms with Gasteiger partial charge in [0, 0.05) is 63.1 Å². The average molecular weight is 465 g/mol. The third-order valence-electron chi connectivity index (χ3n) is 7.08. The van der Waals surface area contributed by atoms with Gasteiger partial charge in [0.1, 0.15) is 5.65 Å². The van der Waals surface area contributed by atoms with Gasteiger partial charge in [-0.2, -0.15) is 0 Å². The fraction of sp³-hybridized carbons (Fsp3) is 0.258. The minimum absolute atomic E-state index is 0. The van der Waals surface area contributed by atoms with Crippen molar-refractivity contribution in [3.63, 3.8) is 0 Å². The summed E-state index contributed by atoms with van der Waals surface area (Å²) in [5, 5.41) is 1.10. The van der Waals surface area contributed by atoms with Gasteiger partial charge in [-0.1, -0.05) is 55.7 Å². The Labute approximate surface area is 210 Å². The molecule has 0 radical (unpaired) electrons. The minimum atomic E-state index is 0. The van der Waals surface area contributed by atoms with Crippen LogP contribution in [0.1, 0.15) is 25.4 Å². The number of H-pyrrole nitrogens is 1. The SMILES string of the molecule is C=C/C(=C\C(=C)C1=CC=CCC1)c1c[nH]c2ncc(-c3cccc(CN4CCN(C)CC4)c3)cc12.[HH]. The smallest absolute Gasteiger partial charge is 0.137 e. The number of allylic oxidation sites excluding steroid dienone is 8. The Morgan fingerprint density at radius 2 is 2.03 bits per heavy atom. The maximum absolute atomic E-state index is 4.74. The van der Waals surface area contributed by atoms with Crippen LogP contribution in [0.4, 0.5) is 0 Å². The zero-order chi connectivity index (χ0) is 24.2. The van der Waals surface area contributed by atoms with E-state index < -0.39 is 0 Å². The summed E-state index contributed by atoms with van der Waals surface area (Å²) in [6.45, 7) is 13.9. The van der Waals surface area contributed by atoms with Gasteiger partial charge in [-0.3, -0.25) is 4.90 Å². The first-order valence-corrected chi connectivity index (χ1v) is 12.5. The summed E-state index contributed by atoms with van der Waals surface area (Å²) in [5.74, 6) is 0. The predicted molar refractivity (Wildman–Crippen MR) is 150 cm³/mol. The molecular formula is C31H36N4. The van der Waals surface area contributed by atoms with E-state index in [0.29, 0.717) is 0 Å². The highest BCUT2D eigenvalue weighted by Crippen LogP contribution is 2.31. The third kappa shape index (κ3) is 5.29. The lowest BCUT2D eigenvalue weighted by atomic mass is 9.94. The molecule has 3 heterocycles. The summed E-state index contributed by atoms with van der Waals surface area (Å²) in [4.78, 5) is 13.0. The Hall–Kier alpha value is -3.47. The monoisotopic (exact) mass is 464 g/mol. The molecule has 0 atom stereocenters.